The first-order valence-electron chi connectivity index (χ1n) is 11.3. The molecule has 0 radical (unpaired) electrons. The zero-order valence-corrected chi connectivity index (χ0v) is 19.6. The summed E-state index contributed by atoms with van der Waals surface area (Å²) in [5.74, 6) is 0.591. The average Bonchev–Trinajstić information content (AvgIpc) is 3.18. The van der Waals surface area contributed by atoms with Crippen molar-refractivity contribution < 1.29 is 28.2 Å². The van der Waals surface area contributed by atoms with Gasteiger partial charge in [-0.3, -0.25) is 14.1 Å². The van der Waals surface area contributed by atoms with Gasteiger partial charge in [-0.1, -0.05) is 12.1 Å². The number of aromatic hydroxyl groups is 1. The molecule has 1 aliphatic rings. The Morgan fingerprint density at radius 2 is 1.80 bits per heavy atom. The molecule has 0 unspecified atom stereocenters. The zero-order valence-electron chi connectivity index (χ0n) is 18.7. The maximum atomic E-state index is 14.3. The lowest BCUT2D eigenvalue weighted by atomic mass is 10.0. The highest BCUT2D eigenvalue weighted by Crippen LogP contribution is 2.43. The van der Waals surface area contributed by atoms with E-state index >= 15 is 0 Å². The SMILES string of the molecule is O=C(c1ccccc1F)c1sc2cc(O)ccc2c1Oc1ccc(OCCN2CC(CF)C2)cc1. The molecule has 1 saturated heterocycles. The number of ketones is 1. The summed E-state index contributed by atoms with van der Waals surface area (Å²) in [5, 5.41) is 10.5. The lowest BCUT2D eigenvalue weighted by Gasteiger charge is -2.37. The Bertz CT molecular complexity index is 1350. The third-order valence-electron chi connectivity index (χ3n) is 5.92. The molecule has 0 aliphatic carbocycles. The second kappa shape index (κ2) is 10.0. The van der Waals surface area contributed by atoms with E-state index in [0.29, 0.717) is 33.9 Å². The van der Waals surface area contributed by atoms with Crippen molar-refractivity contribution in [1.29, 1.82) is 0 Å². The van der Waals surface area contributed by atoms with Crippen LogP contribution in [-0.2, 0) is 0 Å². The third-order valence-corrected chi connectivity index (χ3v) is 7.06. The molecule has 0 spiro atoms. The maximum Gasteiger partial charge on any atom is 0.209 e. The number of phenolic OH excluding ortho intramolecular Hbond substituents is 1. The van der Waals surface area contributed by atoms with E-state index in [-0.39, 0.29) is 28.8 Å². The van der Waals surface area contributed by atoms with E-state index in [0.717, 1.165) is 31.0 Å². The quantitative estimate of drug-likeness (QED) is 0.287. The van der Waals surface area contributed by atoms with Gasteiger partial charge in [0.25, 0.3) is 0 Å². The molecular weight excluding hydrogens is 472 g/mol. The maximum absolute atomic E-state index is 14.3. The van der Waals surface area contributed by atoms with Gasteiger partial charge in [0.1, 0.15) is 34.5 Å². The number of hydrogen-bond acceptors (Lipinski definition) is 6. The van der Waals surface area contributed by atoms with E-state index in [2.05, 4.69) is 4.90 Å². The van der Waals surface area contributed by atoms with Gasteiger partial charge in [0, 0.05) is 35.6 Å². The van der Waals surface area contributed by atoms with Gasteiger partial charge in [-0.2, -0.15) is 0 Å². The van der Waals surface area contributed by atoms with Crippen LogP contribution in [0.3, 0.4) is 0 Å². The zero-order chi connectivity index (χ0) is 24.4. The minimum atomic E-state index is -0.608. The number of rotatable bonds is 9. The normalized spacial score (nSPS) is 14.1. The largest absolute Gasteiger partial charge is 0.508 e. The summed E-state index contributed by atoms with van der Waals surface area (Å²) >= 11 is 1.14. The fourth-order valence-corrected chi connectivity index (χ4v) is 5.17. The highest BCUT2D eigenvalue weighted by Gasteiger charge is 2.26. The van der Waals surface area contributed by atoms with Crippen LogP contribution in [0, 0.1) is 11.7 Å². The monoisotopic (exact) mass is 495 g/mol. The van der Waals surface area contributed by atoms with E-state index in [1.807, 2.05) is 0 Å². The molecule has 8 heteroatoms. The van der Waals surface area contributed by atoms with Gasteiger partial charge in [-0.25, -0.2) is 4.39 Å². The molecule has 0 amide bonds. The summed E-state index contributed by atoms with van der Waals surface area (Å²) in [7, 11) is 0. The van der Waals surface area contributed by atoms with Crippen LogP contribution in [0.4, 0.5) is 8.78 Å². The Balaban J connectivity index is 1.34. The summed E-state index contributed by atoms with van der Waals surface area (Å²) in [6.45, 7) is 2.51. The molecular formula is C27H23F2NO4S. The van der Waals surface area contributed by atoms with Gasteiger partial charge in [0.2, 0.25) is 5.78 Å². The van der Waals surface area contributed by atoms with Crippen LogP contribution in [0.25, 0.3) is 10.1 Å². The summed E-state index contributed by atoms with van der Waals surface area (Å²) in [6, 6.07) is 17.6. The molecule has 2 heterocycles. The Morgan fingerprint density at radius 3 is 2.54 bits per heavy atom. The Hall–Kier alpha value is -3.49. The predicted octanol–water partition coefficient (Wildman–Crippen LogP) is 6.05. The first kappa shape index (κ1) is 23.3. The average molecular weight is 496 g/mol. The first-order valence-corrected chi connectivity index (χ1v) is 12.1. The van der Waals surface area contributed by atoms with Gasteiger partial charge in [-0.05, 0) is 54.6 Å². The number of fused-ring (bicyclic) bond motifs is 1. The Kier molecular flexibility index (Phi) is 6.66. The number of alkyl halides is 1. The summed E-state index contributed by atoms with van der Waals surface area (Å²) in [5.41, 5.74) is -0.0445. The summed E-state index contributed by atoms with van der Waals surface area (Å²) < 4.78 is 39.4. The number of ether oxygens (including phenoxy) is 2. The topological polar surface area (TPSA) is 59.0 Å². The van der Waals surface area contributed by atoms with Crippen LogP contribution in [-0.4, -0.2) is 48.7 Å². The minimum Gasteiger partial charge on any atom is -0.508 e. The van der Waals surface area contributed by atoms with Crippen LogP contribution in [0.15, 0.2) is 66.7 Å². The minimum absolute atomic E-state index is 0.0445. The van der Waals surface area contributed by atoms with Gasteiger partial charge in [0.15, 0.2) is 5.75 Å². The van der Waals surface area contributed by atoms with Gasteiger partial charge >= 0.3 is 0 Å². The van der Waals surface area contributed by atoms with E-state index in [1.165, 1.54) is 24.3 Å². The molecule has 0 saturated carbocycles. The van der Waals surface area contributed by atoms with Gasteiger partial charge < -0.3 is 14.6 Å². The van der Waals surface area contributed by atoms with Crippen molar-refractivity contribution in [2.45, 2.75) is 0 Å². The fourth-order valence-electron chi connectivity index (χ4n) is 4.05. The molecule has 4 aromatic rings. The highest BCUT2D eigenvalue weighted by molar-refractivity contribution is 7.21. The van der Waals surface area contributed by atoms with Crippen LogP contribution in [0.5, 0.6) is 23.0 Å². The number of nitrogens with zero attached hydrogens (tertiary/aromatic N) is 1. The standard InChI is InChI=1S/C27H23F2NO4S/c28-14-17-15-30(16-17)11-12-33-19-6-8-20(9-7-19)34-26-22-10-5-18(31)13-24(22)35-27(26)25(32)21-3-1-2-4-23(21)29/h1-10,13,17,31H,11-12,14-16H2. The second-order valence-corrected chi connectivity index (χ2v) is 9.50. The van der Waals surface area contributed by atoms with E-state index in [4.69, 9.17) is 9.47 Å². The van der Waals surface area contributed by atoms with E-state index < -0.39 is 11.6 Å². The van der Waals surface area contributed by atoms with Gasteiger partial charge in [-0.15, -0.1) is 11.3 Å². The molecule has 35 heavy (non-hydrogen) atoms. The first-order chi connectivity index (χ1) is 17.0. The van der Waals surface area contributed by atoms with Crippen LogP contribution < -0.4 is 9.47 Å². The van der Waals surface area contributed by atoms with Crippen LogP contribution >= 0.6 is 11.3 Å². The molecule has 0 bridgehead atoms. The van der Waals surface area contributed by atoms with Crippen molar-refractivity contribution in [2.75, 3.05) is 32.9 Å². The van der Waals surface area contributed by atoms with Crippen molar-refractivity contribution in [1.82, 2.24) is 4.90 Å². The Morgan fingerprint density at radius 1 is 1.06 bits per heavy atom. The number of phenols is 1. The lowest BCUT2D eigenvalue weighted by Crippen LogP contribution is -2.49. The predicted molar refractivity (Wildman–Crippen MR) is 131 cm³/mol. The molecule has 5 rings (SSSR count). The molecule has 0 atom stereocenters. The Labute approximate surface area is 205 Å². The molecule has 1 aromatic heterocycles. The molecule has 3 aromatic carbocycles. The van der Waals surface area contributed by atoms with Crippen molar-refractivity contribution >= 4 is 27.2 Å². The van der Waals surface area contributed by atoms with Gasteiger partial charge in [0.05, 0.1) is 12.2 Å². The van der Waals surface area contributed by atoms with Crippen molar-refractivity contribution in [3.63, 3.8) is 0 Å². The van der Waals surface area contributed by atoms with E-state index in [9.17, 15) is 18.7 Å². The molecule has 5 nitrogen and oxygen atoms in total. The number of likely N-dealkylation sites (tertiary alicyclic amines) is 1. The molecule has 1 N–H and O–H groups in total. The van der Waals surface area contributed by atoms with E-state index in [1.54, 1.807) is 42.5 Å². The lowest BCUT2D eigenvalue weighted by molar-refractivity contribution is 0.0668. The summed E-state index contributed by atoms with van der Waals surface area (Å²) in [4.78, 5) is 15.6. The number of carbonyl (C=O) groups is 1. The van der Waals surface area contributed by atoms with Crippen LogP contribution in [0.1, 0.15) is 15.2 Å². The van der Waals surface area contributed by atoms with Crippen molar-refractivity contribution in [3.05, 3.63) is 83.0 Å². The molecule has 1 fully saturated rings. The number of thiophene rings is 1. The van der Waals surface area contributed by atoms with Crippen molar-refractivity contribution in [3.8, 4) is 23.0 Å². The molecule has 1 aliphatic heterocycles. The number of carbonyl (C=O) groups excluding carboxylic acids is 1. The number of hydrogen-bond donors (Lipinski definition) is 1. The number of benzene rings is 3. The number of halogens is 2. The second-order valence-electron chi connectivity index (χ2n) is 8.45. The summed E-state index contributed by atoms with van der Waals surface area (Å²) in [6.07, 6.45) is 0. The fraction of sp³-hybridized carbons (Fsp3) is 0.222. The third kappa shape index (κ3) is 4.99. The smallest absolute Gasteiger partial charge is 0.209 e. The van der Waals surface area contributed by atoms with Crippen LogP contribution in [0.2, 0.25) is 0 Å². The molecule has 180 valence electrons. The van der Waals surface area contributed by atoms with Crippen molar-refractivity contribution in [2.24, 2.45) is 5.92 Å². The highest BCUT2D eigenvalue weighted by atomic mass is 32.1.